The number of rotatable bonds is 1. The largest absolute Gasteiger partial charge is 0.422 e. The highest BCUT2D eigenvalue weighted by Crippen LogP contribution is 2.07. The van der Waals surface area contributed by atoms with Gasteiger partial charge in [0.05, 0.1) is 0 Å². The molecular weight excluding hydrogens is 146 g/mol. The van der Waals surface area contributed by atoms with Gasteiger partial charge in [-0.1, -0.05) is 11.7 Å². The maximum Gasteiger partial charge on any atom is 0.422 e. The van der Waals surface area contributed by atoms with Crippen molar-refractivity contribution in [2.24, 2.45) is 0 Å². The van der Waals surface area contributed by atoms with Crippen LogP contribution in [0.4, 0.5) is 4.79 Å². The average Bonchev–Trinajstić information content (AvgIpc) is 1.67. The van der Waals surface area contributed by atoms with E-state index in [0.29, 0.717) is 0 Å². The Kier molecular flexibility index (Phi) is 3.90. The van der Waals surface area contributed by atoms with E-state index in [-0.39, 0.29) is 0 Å². The molecule has 0 aliphatic carbocycles. The first-order valence-electron chi connectivity index (χ1n) is 1.88. The van der Waals surface area contributed by atoms with Crippen LogP contribution in [0.15, 0.2) is 0 Å². The zero-order valence-corrected chi connectivity index (χ0v) is 6.33. The molecular formula is C3H7NO2S2. The molecule has 0 atom stereocenters. The van der Waals surface area contributed by atoms with E-state index >= 15 is 0 Å². The van der Waals surface area contributed by atoms with Gasteiger partial charge in [-0.05, 0) is 0 Å². The summed E-state index contributed by atoms with van der Waals surface area (Å²) >= 11 is 4.34. The molecule has 0 spiro atoms. The molecule has 0 aromatic rings. The molecule has 0 saturated heterocycles. The van der Waals surface area contributed by atoms with Gasteiger partial charge in [-0.2, -0.15) is 0 Å². The van der Waals surface area contributed by atoms with E-state index in [0.717, 1.165) is 11.1 Å². The zero-order chi connectivity index (χ0) is 6.57. The summed E-state index contributed by atoms with van der Waals surface area (Å²) < 4.78 is 4.37. The van der Waals surface area contributed by atoms with E-state index in [2.05, 4.69) is 15.8 Å². The van der Waals surface area contributed by atoms with Gasteiger partial charge in [-0.15, -0.1) is 0 Å². The van der Waals surface area contributed by atoms with E-state index < -0.39 is 6.09 Å². The molecule has 0 rings (SSSR count). The normalized spacial score (nSPS) is 8.38. The van der Waals surface area contributed by atoms with E-state index in [4.69, 9.17) is 0 Å². The van der Waals surface area contributed by atoms with Crippen molar-refractivity contribution in [3.8, 4) is 0 Å². The van der Waals surface area contributed by atoms with Gasteiger partial charge in [0.1, 0.15) is 11.1 Å². The van der Waals surface area contributed by atoms with Crippen molar-refractivity contribution in [1.29, 1.82) is 0 Å². The maximum absolute atomic E-state index is 10.4. The summed E-state index contributed by atoms with van der Waals surface area (Å²) in [5.41, 5.74) is 0. The molecule has 0 N–H and O–H groups in total. The highest BCUT2D eigenvalue weighted by atomic mass is 33.1. The maximum atomic E-state index is 10.4. The van der Waals surface area contributed by atoms with Crippen LogP contribution in [-0.4, -0.2) is 25.1 Å². The van der Waals surface area contributed by atoms with Gasteiger partial charge in [-0.3, -0.25) is 0 Å². The van der Waals surface area contributed by atoms with Crippen LogP contribution in [0.3, 0.4) is 0 Å². The third kappa shape index (κ3) is 3.04. The number of hydrogen-bond acceptors (Lipinski definition) is 4. The van der Waals surface area contributed by atoms with Gasteiger partial charge in [-0.25, -0.2) is 4.79 Å². The molecule has 1 amide bonds. The number of carbonyl (C=O) groups is 1. The van der Waals surface area contributed by atoms with Crippen molar-refractivity contribution >= 4 is 28.8 Å². The van der Waals surface area contributed by atoms with Gasteiger partial charge in [0.25, 0.3) is 0 Å². The highest BCUT2D eigenvalue weighted by molar-refractivity contribution is 8.66. The fraction of sp³-hybridized carbons (Fsp3) is 0.667. The lowest BCUT2D eigenvalue weighted by molar-refractivity contribution is 0.181. The van der Waals surface area contributed by atoms with Gasteiger partial charge in [0.15, 0.2) is 0 Å². The lowest BCUT2D eigenvalue weighted by Gasteiger charge is -2.05. The van der Waals surface area contributed by atoms with Gasteiger partial charge >= 0.3 is 6.09 Å². The van der Waals surface area contributed by atoms with Crippen LogP contribution in [0.25, 0.3) is 0 Å². The Bertz CT molecular complexity index is 85.4. The summed E-state index contributed by atoms with van der Waals surface area (Å²) in [7, 11) is 3.21. The van der Waals surface area contributed by atoms with Crippen LogP contribution in [0.5, 0.6) is 0 Å². The molecule has 0 radical (unpaired) electrons. The molecule has 3 nitrogen and oxygen atoms in total. The van der Waals surface area contributed by atoms with Gasteiger partial charge in [0, 0.05) is 14.1 Å². The Morgan fingerprint density at radius 2 is 2.25 bits per heavy atom. The molecule has 5 heteroatoms. The fourth-order valence-corrected chi connectivity index (χ4v) is 0.511. The Hall–Kier alpha value is -0.0300. The lowest BCUT2D eigenvalue weighted by atomic mass is 10.9. The molecule has 8 heavy (non-hydrogen) atoms. The number of hydrogen-bond donors (Lipinski definition) is 1. The first-order chi connectivity index (χ1) is 3.68. The average molecular weight is 153 g/mol. The van der Waals surface area contributed by atoms with Gasteiger partial charge in [0.2, 0.25) is 0 Å². The van der Waals surface area contributed by atoms with E-state index in [1.54, 1.807) is 14.1 Å². The fourth-order valence-electron chi connectivity index (χ4n) is 0.106. The van der Waals surface area contributed by atoms with Crippen LogP contribution in [0.1, 0.15) is 0 Å². The van der Waals surface area contributed by atoms with Crippen molar-refractivity contribution in [3.63, 3.8) is 0 Å². The Morgan fingerprint density at radius 3 is 2.38 bits per heavy atom. The minimum Gasteiger partial charge on any atom is -0.363 e. The molecule has 0 aliphatic heterocycles. The molecule has 0 saturated carbocycles. The van der Waals surface area contributed by atoms with Crippen LogP contribution in [-0.2, 0) is 4.18 Å². The SMILES string of the molecule is CN(C)C(=O)OSS. The van der Waals surface area contributed by atoms with Crippen molar-refractivity contribution in [2.75, 3.05) is 14.1 Å². The molecule has 0 unspecified atom stereocenters. The van der Waals surface area contributed by atoms with Crippen molar-refractivity contribution in [2.45, 2.75) is 0 Å². The number of carbonyl (C=O) groups excluding carboxylic acids is 1. The summed E-state index contributed by atoms with van der Waals surface area (Å²) in [6, 6.07) is 0. The Morgan fingerprint density at radius 1 is 1.75 bits per heavy atom. The predicted molar refractivity (Wildman–Crippen MR) is 36.7 cm³/mol. The van der Waals surface area contributed by atoms with Crippen LogP contribution in [0.2, 0.25) is 0 Å². The number of amides is 1. The summed E-state index contributed by atoms with van der Waals surface area (Å²) in [5, 5.41) is 0. The first-order valence-corrected chi connectivity index (χ1v) is 3.67. The minimum atomic E-state index is -0.398. The standard InChI is InChI=1S/C3H7NO2S2/c1-4(2)3(5)6-8-7/h7H,1-2H3. The van der Waals surface area contributed by atoms with Crippen LogP contribution in [0, 0.1) is 0 Å². The quantitative estimate of drug-likeness (QED) is 0.348. The molecule has 0 bridgehead atoms. The smallest absolute Gasteiger partial charge is 0.363 e. The summed E-state index contributed by atoms with van der Waals surface area (Å²) in [5.74, 6) is 0. The lowest BCUT2D eigenvalue weighted by Crippen LogP contribution is -2.19. The topological polar surface area (TPSA) is 29.5 Å². The van der Waals surface area contributed by atoms with Crippen LogP contribution < -0.4 is 0 Å². The third-order valence-electron chi connectivity index (χ3n) is 0.474. The van der Waals surface area contributed by atoms with Gasteiger partial charge < -0.3 is 9.08 Å². The zero-order valence-electron chi connectivity index (χ0n) is 4.62. The number of thiol groups is 1. The van der Waals surface area contributed by atoms with Crippen LogP contribution >= 0.6 is 22.7 Å². The summed E-state index contributed by atoms with van der Waals surface area (Å²) in [6.07, 6.45) is -0.398. The second kappa shape index (κ2) is 3.91. The minimum absolute atomic E-state index is 0.398. The second-order valence-corrected chi connectivity index (χ2v) is 2.08. The summed E-state index contributed by atoms with van der Waals surface area (Å²) in [4.78, 5) is 11.7. The predicted octanol–water partition coefficient (Wildman–Crippen LogP) is 1.18. The second-order valence-electron chi connectivity index (χ2n) is 1.32. The Labute approximate surface area is 57.4 Å². The van der Waals surface area contributed by atoms with Crippen molar-refractivity contribution in [3.05, 3.63) is 0 Å². The monoisotopic (exact) mass is 153 g/mol. The molecule has 0 aromatic carbocycles. The van der Waals surface area contributed by atoms with E-state index in [9.17, 15) is 4.79 Å². The van der Waals surface area contributed by atoms with E-state index in [1.165, 1.54) is 4.90 Å². The van der Waals surface area contributed by atoms with Crippen molar-refractivity contribution < 1.29 is 8.98 Å². The van der Waals surface area contributed by atoms with E-state index in [1.807, 2.05) is 0 Å². The number of nitrogens with zero attached hydrogens (tertiary/aromatic N) is 1. The molecule has 0 fully saturated rings. The molecule has 0 aromatic heterocycles. The van der Waals surface area contributed by atoms with Crippen molar-refractivity contribution in [1.82, 2.24) is 4.90 Å². The highest BCUT2D eigenvalue weighted by Gasteiger charge is 2.01. The molecule has 0 heterocycles. The molecule has 0 aliphatic rings. The molecule has 48 valence electrons. The first kappa shape index (κ1) is 7.97. The summed E-state index contributed by atoms with van der Waals surface area (Å²) in [6.45, 7) is 0. The Balaban J connectivity index is 3.33. The third-order valence-corrected chi connectivity index (χ3v) is 0.914.